The smallest absolute Gasteiger partial charge is 0.145 e. The summed E-state index contributed by atoms with van der Waals surface area (Å²) in [4.78, 5) is 0. The first-order chi connectivity index (χ1) is 24.2. The Balaban J connectivity index is 1.34. The molecular formula is C44H24N4O. The third-order valence-corrected chi connectivity index (χ3v) is 9.80. The molecule has 0 N–H and O–H groups in total. The first kappa shape index (κ1) is 27.1. The number of hydrogen-bond donors (Lipinski definition) is 0. The van der Waals surface area contributed by atoms with E-state index in [-0.39, 0.29) is 0 Å². The second kappa shape index (κ2) is 10.2. The number of hydrogen-bond acceptors (Lipinski definition) is 3. The molecule has 49 heavy (non-hydrogen) atoms. The van der Waals surface area contributed by atoms with E-state index < -0.39 is 0 Å². The molecule has 10 rings (SSSR count). The summed E-state index contributed by atoms with van der Waals surface area (Å²) in [5.74, 6) is 0. The van der Waals surface area contributed by atoms with E-state index in [4.69, 9.17) is 4.42 Å². The van der Waals surface area contributed by atoms with E-state index in [1.54, 1.807) is 12.1 Å². The van der Waals surface area contributed by atoms with E-state index in [9.17, 15) is 10.5 Å². The van der Waals surface area contributed by atoms with Crippen LogP contribution >= 0.6 is 0 Å². The number of nitriles is 2. The summed E-state index contributed by atoms with van der Waals surface area (Å²) < 4.78 is 11.2. The minimum absolute atomic E-state index is 0.456. The van der Waals surface area contributed by atoms with Gasteiger partial charge in [0.05, 0.1) is 56.4 Å². The minimum Gasteiger partial charge on any atom is -0.455 e. The van der Waals surface area contributed by atoms with Gasteiger partial charge >= 0.3 is 0 Å². The fourth-order valence-electron chi connectivity index (χ4n) is 7.71. The summed E-state index contributed by atoms with van der Waals surface area (Å²) in [6.07, 6.45) is 0. The lowest BCUT2D eigenvalue weighted by Gasteiger charge is -2.18. The van der Waals surface area contributed by atoms with Gasteiger partial charge in [-0.25, -0.2) is 0 Å². The third-order valence-electron chi connectivity index (χ3n) is 9.80. The second-order valence-corrected chi connectivity index (χ2v) is 12.3. The van der Waals surface area contributed by atoms with Gasteiger partial charge in [0, 0.05) is 43.7 Å². The summed E-state index contributed by atoms with van der Waals surface area (Å²) in [5.41, 5.74) is 10.5. The Morgan fingerprint density at radius 1 is 0.469 bits per heavy atom. The van der Waals surface area contributed by atoms with E-state index in [1.807, 2.05) is 24.3 Å². The van der Waals surface area contributed by atoms with Crippen LogP contribution in [0.1, 0.15) is 11.1 Å². The predicted octanol–water partition coefficient (Wildman–Crippen LogP) is 11.2. The van der Waals surface area contributed by atoms with E-state index in [1.165, 1.54) is 0 Å². The maximum atomic E-state index is 10.3. The zero-order chi connectivity index (χ0) is 32.6. The van der Waals surface area contributed by atoms with Crippen molar-refractivity contribution in [3.05, 3.63) is 157 Å². The molecule has 0 saturated carbocycles. The van der Waals surface area contributed by atoms with Gasteiger partial charge in [-0.2, -0.15) is 10.5 Å². The Hall–Kier alpha value is -7.08. The van der Waals surface area contributed by atoms with Crippen LogP contribution in [0.2, 0.25) is 0 Å². The van der Waals surface area contributed by atoms with Gasteiger partial charge in [0.15, 0.2) is 0 Å². The molecule has 10 aromatic rings. The first-order valence-electron chi connectivity index (χ1n) is 16.1. The Bertz CT molecular complexity index is 3030. The van der Waals surface area contributed by atoms with Crippen molar-refractivity contribution >= 4 is 65.6 Å². The average molecular weight is 625 g/mol. The van der Waals surface area contributed by atoms with Gasteiger partial charge in [0.1, 0.15) is 11.2 Å². The van der Waals surface area contributed by atoms with Crippen molar-refractivity contribution in [2.24, 2.45) is 0 Å². The van der Waals surface area contributed by atoms with Crippen LogP contribution in [0.15, 0.2) is 150 Å². The minimum atomic E-state index is 0.456. The maximum absolute atomic E-state index is 10.3. The third kappa shape index (κ3) is 3.79. The molecule has 0 amide bonds. The molecule has 5 heteroatoms. The highest BCUT2D eigenvalue weighted by molar-refractivity contribution is 6.24. The molecule has 0 fully saturated rings. The molecule has 0 radical (unpaired) electrons. The predicted molar refractivity (Wildman–Crippen MR) is 197 cm³/mol. The van der Waals surface area contributed by atoms with Crippen molar-refractivity contribution in [2.75, 3.05) is 0 Å². The highest BCUT2D eigenvalue weighted by atomic mass is 16.3. The molecule has 3 aromatic heterocycles. The molecule has 0 atom stereocenters. The van der Waals surface area contributed by atoms with Gasteiger partial charge in [0.2, 0.25) is 0 Å². The van der Waals surface area contributed by atoms with Crippen molar-refractivity contribution < 1.29 is 4.42 Å². The molecule has 226 valence electrons. The lowest BCUT2D eigenvalue weighted by atomic mass is 9.96. The SMILES string of the molecule is N#Cc1ccc(-c2ccc(-n3c4ccccc4c4c5oc6ccccc6c5ccc43)cc2-n2c3ccccc3c3ccccc32)c(C#N)c1. The van der Waals surface area contributed by atoms with E-state index in [0.29, 0.717) is 11.1 Å². The molecule has 0 saturated heterocycles. The summed E-state index contributed by atoms with van der Waals surface area (Å²) >= 11 is 0. The van der Waals surface area contributed by atoms with E-state index in [0.717, 1.165) is 88.1 Å². The monoisotopic (exact) mass is 624 g/mol. The first-order valence-corrected chi connectivity index (χ1v) is 16.1. The van der Waals surface area contributed by atoms with Crippen LogP contribution in [-0.4, -0.2) is 9.13 Å². The fraction of sp³-hybridized carbons (Fsp3) is 0. The zero-order valence-electron chi connectivity index (χ0n) is 26.1. The molecule has 0 aliphatic carbocycles. The average Bonchev–Trinajstić information content (AvgIpc) is 3.82. The van der Waals surface area contributed by atoms with Crippen molar-refractivity contribution in [1.82, 2.24) is 9.13 Å². The highest BCUT2D eigenvalue weighted by Crippen LogP contribution is 2.43. The standard InChI is InChI=1S/C44H24N4O/c45-25-27-17-19-30(28(23-27)26-46)33-20-18-29(24-41(33)48-37-13-5-1-9-31(37)32-10-2-6-14-38(32)48)47-39-15-7-3-12-36(39)43-40(47)22-21-35-34-11-4-8-16-42(34)49-44(35)43/h1-24H. The Morgan fingerprint density at radius 3 is 1.82 bits per heavy atom. The lowest BCUT2D eigenvalue weighted by Crippen LogP contribution is -2.02. The number of furan rings is 1. The van der Waals surface area contributed by atoms with Crippen molar-refractivity contribution in [3.63, 3.8) is 0 Å². The molecule has 0 aliphatic heterocycles. The van der Waals surface area contributed by atoms with Gasteiger partial charge < -0.3 is 13.6 Å². The van der Waals surface area contributed by atoms with E-state index in [2.05, 4.69) is 130 Å². The molecule has 3 heterocycles. The van der Waals surface area contributed by atoms with Gasteiger partial charge in [0.25, 0.3) is 0 Å². The molecule has 0 bridgehead atoms. The summed E-state index contributed by atoms with van der Waals surface area (Å²) in [6.45, 7) is 0. The number of para-hydroxylation sites is 4. The molecule has 5 nitrogen and oxygen atoms in total. The summed E-state index contributed by atoms with van der Waals surface area (Å²) in [6, 6.07) is 54.3. The largest absolute Gasteiger partial charge is 0.455 e. The quantitative estimate of drug-likeness (QED) is 0.196. The Kier molecular flexibility index (Phi) is 5.64. The Morgan fingerprint density at radius 2 is 1.10 bits per heavy atom. The molecule has 0 spiro atoms. The van der Waals surface area contributed by atoms with Crippen LogP contribution in [0.5, 0.6) is 0 Å². The molecule has 0 unspecified atom stereocenters. The topological polar surface area (TPSA) is 70.6 Å². The second-order valence-electron chi connectivity index (χ2n) is 12.3. The highest BCUT2D eigenvalue weighted by Gasteiger charge is 2.22. The van der Waals surface area contributed by atoms with Gasteiger partial charge in [-0.15, -0.1) is 0 Å². The number of rotatable bonds is 3. The molecule has 0 aliphatic rings. The normalized spacial score (nSPS) is 11.6. The van der Waals surface area contributed by atoms with Crippen LogP contribution in [0.25, 0.3) is 88.1 Å². The molecule has 7 aromatic carbocycles. The number of benzene rings is 7. The number of aromatic nitrogens is 2. The number of nitrogens with zero attached hydrogens (tertiary/aromatic N) is 4. The van der Waals surface area contributed by atoms with Crippen LogP contribution in [0, 0.1) is 22.7 Å². The van der Waals surface area contributed by atoms with Gasteiger partial charge in [-0.05, 0) is 60.7 Å². The summed E-state index contributed by atoms with van der Waals surface area (Å²) in [7, 11) is 0. The zero-order valence-corrected chi connectivity index (χ0v) is 26.1. The lowest BCUT2D eigenvalue weighted by molar-refractivity contribution is 0.673. The fourth-order valence-corrected chi connectivity index (χ4v) is 7.71. The van der Waals surface area contributed by atoms with Crippen molar-refractivity contribution in [2.45, 2.75) is 0 Å². The van der Waals surface area contributed by atoms with Crippen molar-refractivity contribution in [3.8, 4) is 34.6 Å². The van der Waals surface area contributed by atoms with Crippen molar-refractivity contribution in [1.29, 1.82) is 10.5 Å². The Labute approximate surface area is 280 Å². The van der Waals surface area contributed by atoms with Crippen LogP contribution in [0.4, 0.5) is 0 Å². The molecular weight excluding hydrogens is 601 g/mol. The van der Waals surface area contributed by atoms with Crippen LogP contribution in [-0.2, 0) is 0 Å². The maximum Gasteiger partial charge on any atom is 0.145 e. The summed E-state index contributed by atoms with van der Waals surface area (Å²) in [5, 5.41) is 26.6. The van der Waals surface area contributed by atoms with Crippen LogP contribution in [0.3, 0.4) is 0 Å². The van der Waals surface area contributed by atoms with Crippen LogP contribution < -0.4 is 0 Å². The van der Waals surface area contributed by atoms with Gasteiger partial charge in [-0.1, -0.05) is 84.9 Å². The van der Waals surface area contributed by atoms with E-state index >= 15 is 0 Å². The van der Waals surface area contributed by atoms with Gasteiger partial charge in [-0.3, -0.25) is 0 Å². The number of fused-ring (bicyclic) bond motifs is 10.